The van der Waals surface area contributed by atoms with Crippen LogP contribution in [0.15, 0.2) is 11.2 Å². The van der Waals surface area contributed by atoms with Crippen LogP contribution in [0, 0.1) is 6.92 Å². The van der Waals surface area contributed by atoms with Gasteiger partial charge in [0, 0.05) is 24.8 Å². The molecule has 0 radical (unpaired) electrons. The average Bonchev–Trinajstić information content (AvgIpc) is 2.79. The molecule has 0 unspecified atom stereocenters. The summed E-state index contributed by atoms with van der Waals surface area (Å²) < 4.78 is 28.9. The molecule has 0 aliphatic heterocycles. The number of hydrogen-bond donors (Lipinski definition) is 2. The average molecular weight is 302 g/mol. The van der Waals surface area contributed by atoms with Crippen LogP contribution in [0.4, 0.5) is 0 Å². The predicted molar refractivity (Wildman–Crippen MR) is 79.9 cm³/mol. The molecule has 0 aliphatic rings. The Balaban J connectivity index is 2.86. The lowest BCUT2D eigenvalue weighted by molar-refractivity contribution is 0.391. The van der Waals surface area contributed by atoms with Gasteiger partial charge < -0.3 is 10.3 Å². The normalized spacial score (nSPS) is 12.8. The summed E-state index contributed by atoms with van der Waals surface area (Å²) in [5, 5.41) is 0.0676. The number of aryl methyl sites for hydroxylation is 2. The molecule has 1 aromatic rings. The van der Waals surface area contributed by atoms with E-state index in [4.69, 9.17) is 5.73 Å². The summed E-state index contributed by atoms with van der Waals surface area (Å²) in [6.07, 6.45) is 3.95. The number of nitrogens with zero attached hydrogens (tertiary/aromatic N) is 2. The first-order chi connectivity index (χ1) is 9.28. The predicted octanol–water partition coefficient (Wildman–Crippen LogP) is 1.40. The molecule has 0 aromatic carbocycles. The smallest absolute Gasteiger partial charge is 0.259 e. The molecule has 3 N–H and O–H groups in total. The van der Waals surface area contributed by atoms with Crippen molar-refractivity contribution in [3.8, 4) is 0 Å². The maximum absolute atomic E-state index is 12.2. The van der Waals surface area contributed by atoms with Crippen LogP contribution in [0.2, 0.25) is 0 Å². The van der Waals surface area contributed by atoms with Crippen LogP contribution in [0.25, 0.3) is 0 Å². The third-order valence-corrected chi connectivity index (χ3v) is 4.99. The molecule has 0 saturated heterocycles. The molecule has 0 bridgehead atoms. The fourth-order valence-electron chi connectivity index (χ4n) is 1.89. The summed E-state index contributed by atoms with van der Waals surface area (Å²) in [4.78, 5) is 4.12. The Morgan fingerprint density at radius 1 is 1.35 bits per heavy atom. The highest BCUT2D eigenvalue weighted by Gasteiger charge is 2.25. The van der Waals surface area contributed by atoms with Crippen molar-refractivity contribution in [1.29, 1.82) is 0 Å². The van der Waals surface area contributed by atoms with E-state index in [9.17, 15) is 8.42 Å². The maximum atomic E-state index is 12.2. The zero-order chi connectivity index (χ0) is 15.4. The minimum atomic E-state index is -3.60. The first kappa shape index (κ1) is 17.1. The van der Waals surface area contributed by atoms with Gasteiger partial charge in [0.15, 0.2) is 5.03 Å². The van der Waals surface area contributed by atoms with Crippen molar-refractivity contribution in [3.05, 3.63) is 12.0 Å². The van der Waals surface area contributed by atoms with Crippen LogP contribution < -0.4 is 10.5 Å². The zero-order valence-corrected chi connectivity index (χ0v) is 13.6. The monoisotopic (exact) mass is 302 g/mol. The Bertz CT molecular complexity index is 533. The van der Waals surface area contributed by atoms with Crippen LogP contribution >= 0.6 is 0 Å². The number of hydrogen-bond acceptors (Lipinski definition) is 4. The van der Waals surface area contributed by atoms with Crippen molar-refractivity contribution in [3.63, 3.8) is 0 Å². The molecule has 0 aliphatic carbocycles. The van der Waals surface area contributed by atoms with E-state index in [0.29, 0.717) is 5.82 Å². The number of nitrogens with two attached hydrogens (primary N) is 1. The third kappa shape index (κ3) is 4.04. The highest BCUT2D eigenvalue weighted by atomic mass is 32.2. The largest absolute Gasteiger partial charge is 0.334 e. The Morgan fingerprint density at radius 2 is 1.95 bits per heavy atom. The molecule has 1 heterocycles. The quantitative estimate of drug-likeness (QED) is 0.759. The lowest BCUT2D eigenvalue weighted by atomic mass is 9.95. The SMILES string of the molecule is CCCn1cc(S(=O)(=O)NCC(N)(CC)CC)nc1C. The van der Waals surface area contributed by atoms with Crippen LogP contribution in [0.3, 0.4) is 0 Å². The number of imidazole rings is 1. The van der Waals surface area contributed by atoms with Crippen molar-refractivity contribution in [2.45, 2.75) is 64.1 Å². The summed E-state index contributed by atoms with van der Waals surface area (Å²) in [6.45, 7) is 8.74. The maximum Gasteiger partial charge on any atom is 0.259 e. The van der Waals surface area contributed by atoms with E-state index >= 15 is 0 Å². The van der Waals surface area contributed by atoms with Gasteiger partial charge in [0.1, 0.15) is 5.82 Å². The molecular weight excluding hydrogens is 276 g/mol. The first-order valence-corrected chi connectivity index (χ1v) is 8.58. The van der Waals surface area contributed by atoms with E-state index in [1.807, 2.05) is 25.3 Å². The zero-order valence-electron chi connectivity index (χ0n) is 12.8. The van der Waals surface area contributed by atoms with Gasteiger partial charge in [-0.05, 0) is 26.2 Å². The fourth-order valence-corrected chi connectivity index (χ4v) is 3.03. The number of sulfonamides is 1. The van der Waals surface area contributed by atoms with Gasteiger partial charge >= 0.3 is 0 Å². The summed E-state index contributed by atoms with van der Waals surface area (Å²) in [5.74, 6) is 0.706. The van der Waals surface area contributed by atoms with Gasteiger partial charge in [0.25, 0.3) is 10.0 Å². The van der Waals surface area contributed by atoms with Gasteiger partial charge in [-0.2, -0.15) is 0 Å². The van der Waals surface area contributed by atoms with Crippen LogP contribution in [-0.2, 0) is 16.6 Å². The van der Waals surface area contributed by atoms with Crippen LogP contribution in [-0.4, -0.2) is 30.1 Å². The summed E-state index contributed by atoms with van der Waals surface area (Å²) in [5.41, 5.74) is 5.61. The molecule has 116 valence electrons. The Morgan fingerprint density at radius 3 is 2.45 bits per heavy atom. The van der Waals surface area contributed by atoms with Gasteiger partial charge in [0.05, 0.1) is 0 Å². The standard InChI is InChI=1S/C13H26N4O2S/c1-5-8-17-9-12(16-11(17)4)20(18,19)15-10-13(14,6-2)7-3/h9,15H,5-8,10,14H2,1-4H3. The van der Waals surface area contributed by atoms with Gasteiger partial charge in [-0.25, -0.2) is 18.1 Å². The van der Waals surface area contributed by atoms with E-state index in [2.05, 4.69) is 9.71 Å². The molecule has 0 fully saturated rings. The van der Waals surface area contributed by atoms with E-state index in [1.165, 1.54) is 0 Å². The second-order valence-corrected chi connectivity index (χ2v) is 6.93. The number of rotatable bonds is 8. The molecule has 1 aromatic heterocycles. The van der Waals surface area contributed by atoms with E-state index in [0.717, 1.165) is 25.8 Å². The van der Waals surface area contributed by atoms with Crippen molar-refractivity contribution < 1.29 is 8.42 Å². The fraction of sp³-hybridized carbons (Fsp3) is 0.769. The lowest BCUT2D eigenvalue weighted by Gasteiger charge is -2.26. The highest BCUT2D eigenvalue weighted by molar-refractivity contribution is 7.89. The highest BCUT2D eigenvalue weighted by Crippen LogP contribution is 2.13. The molecule has 0 spiro atoms. The molecule has 20 heavy (non-hydrogen) atoms. The molecule has 7 heteroatoms. The van der Waals surface area contributed by atoms with Crippen molar-refractivity contribution >= 4 is 10.0 Å². The Hall–Kier alpha value is -0.920. The molecule has 0 saturated carbocycles. The third-order valence-electron chi connectivity index (χ3n) is 3.72. The second-order valence-electron chi connectivity index (χ2n) is 5.21. The van der Waals surface area contributed by atoms with E-state index < -0.39 is 15.6 Å². The van der Waals surface area contributed by atoms with Gasteiger partial charge in [-0.15, -0.1) is 0 Å². The first-order valence-electron chi connectivity index (χ1n) is 7.10. The molecule has 6 nitrogen and oxygen atoms in total. The number of aromatic nitrogens is 2. The Labute approximate surface area is 121 Å². The van der Waals surface area contributed by atoms with Gasteiger partial charge in [-0.3, -0.25) is 0 Å². The topological polar surface area (TPSA) is 90.0 Å². The van der Waals surface area contributed by atoms with Crippen molar-refractivity contribution in [2.24, 2.45) is 5.73 Å². The molecule has 0 atom stereocenters. The summed E-state index contributed by atoms with van der Waals surface area (Å²) in [6, 6.07) is 0. The molecular formula is C13H26N4O2S. The van der Waals surface area contributed by atoms with Crippen LogP contribution in [0.5, 0.6) is 0 Å². The molecule has 0 amide bonds. The summed E-state index contributed by atoms with van der Waals surface area (Å²) in [7, 11) is -3.60. The van der Waals surface area contributed by atoms with Crippen molar-refractivity contribution in [1.82, 2.24) is 14.3 Å². The minimum Gasteiger partial charge on any atom is -0.334 e. The van der Waals surface area contributed by atoms with E-state index in [-0.39, 0.29) is 11.6 Å². The van der Waals surface area contributed by atoms with Crippen LogP contribution in [0.1, 0.15) is 45.9 Å². The van der Waals surface area contributed by atoms with Crippen molar-refractivity contribution in [2.75, 3.05) is 6.54 Å². The van der Waals surface area contributed by atoms with E-state index in [1.54, 1.807) is 13.1 Å². The minimum absolute atomic E-state index is 0.0676. The second kappa shape index (κ2) is 6.69. The Kier molecular flexibility index (Phi) is 5.73. The van der Waals surface area contributed by atoms with Gasteiger partial charge in [0.2, 0.25) is 0 Å². The molecule has 1 rings (SSSR count). The summed E-state index contributed by atoms with van der Waals surface area (Å²) >= 11 is 0. The lowest BCUT2D eigenvalue weighted by Crippen LogP contribution is -2.49. The van der Waals surface area contributed by atoms with Gasteiger partial charge in [-0.1, -0.05) is 20.8 Å². The number of nitrogens with one attached hydrogen (secondary N) is 1.